The molecule has 24 heavy (non-hydrogen) atoms. The summed E-state index contributed by atoms with van der Waals surface area (Å²) in [7, 11) is 0. The minimum absolute atomic E-state index is 0.0389. The van der Waals surface area contributed by atoms with E-state index in [1.807, 2.05) is 61.5 Å². The van der Waals surface area contributed by atoms with Crippen LogP contribution in [0, 0.1) is 0 Å². The van der Waals surface area contributed by atoms with Crippen molar-refractivity contribution in [2.45, 2.75) is 13.0 Å². The van der Waals surface area contributed by atoms with Gasteiger partial charge in [0.1, 0.15) is 5.75 Å². The number of carbonyl (C=O) groups excluding carboxylic acids is 1. The van der Waals surface area contributed by atoms with Crippen LogP contribution in [0.1, 0.15) is 18.5 Å². The maximum atomic E-state index is 12.1. The van der Waals surface area contributed by atoms with Gasteiger partial charge in [-0.2, -0.15) is 0 Å². The fourth-order valence-electron chi connectivity index (χ4n) is 2.61. The van der Waals surface area contributed by atoms with Crippen LogP contribution in [-0.4, -0.2) is 12.5 Å². The first-order chi connectivity index (χ1) is 11.6. The third kappa shape index (κ3) is 3.69. The molecule has 0 aliphatic carbocycles. The number of ether oxygens (including phenoxy) is 1. The van der Waals surface area contributed by atoms with E-state index in [0.29, 0.717) is 10.8 Å². The second-order valence-corrected chi connectivity index (χ2v) is 5.99. The van der Waals surface area contributed by atoms with Crippen LogP contribution in [0.25, 0.3) is 10.8 Å². The molecule has 1 atom stereocenters. The SMILES string of the molecule is C[C@@H](NC(=O)COc1ccc(Cl)c2ccccc12)c1ccccc1. The molecular formula is C20H18ClNO2. The first-order valence-electron chi connectivity index (χ1n) is 7.79. The van der Waals surface area contributed by atoms with Gasteiger partial charge >= 0.3 is 0 Å². The molecule has 1 N–H and O–H groups in total. The molecule has 3 aromatic rings. The molecule has 3 rings (SSSR count). The summed E-state index contributed by atoms with van der Waals surface area (Å²) in [4.78, 5) is 12.1. The average Bonchev–Trinajstić information content (AvgIpc) is 2.62. The van der Waals surface area contributed by atoms with E-state index in [0.717, 1.165) is 16.3 Å². The van der Waals surface area contributed by atoms with Gasteiger partial charge in [-0.3, -0.25) is 4.79 Å². The number of halogens is 1. The molecule has 0 unspecified atom stereocenters. The lowest BCUT2D eigenvalue weighted by atomic mass is 10.1. The quantitative estimate of drug-likeness (QED) is 0.728. The molecule has 4 heteroatoms. The standard InChI is InChI=1S/C20H18ClNO2/c1-14(15-7-3-2-4-8-15)22-20(23)13-24-19-12-11-18(21)16-9-5-6-10-17(16)19/h2-12,14H,13H2,1H3,(H,22,23)/t14-/m1/s1. The average molecular weight is 340 g/mol. The van der Waals surface area contributed by atoms with Gasteiger partial charge in [0.05, 0.1) is 6.04 Å². The molecule has 0 fully saturated rings. The summed E-state index contributed by atoms with van der Waals surface area (Å²) in [6.45, 7) is 1.91. The Morgan fingerprint density at radius 3 is 2.42 bits per heavy atom. The fraction of sp³-hybridized carbons (Fsp3) is 0.150. The minimum atomic E-state index is -0.162. The normalized spacial score (nSPS) is 11.9. The molecule has 0 spiro atoms. The minimum Gasteiger partial charge on any atom is -0.483 e. The Morgan fingerprint density at radius 1 is 1.00 bits per heavy atom. The van der Waals surface area contributed by atoms with Gasteiger partial charge in [0.25, 0.3) is 5.91 Å². The molecule has 0 radical (unpaired) electrons. The zero-order chi connectivity index (χ0) is 16.9. The van der Waals surface area contributed by atoms with Crippen molar-refractivity contribution in [1.82, 2.24) is 5.32 Å². The molecule has 3 aromatic carbocycles. The topological polar surface area (TPSA) is 38.3 Å². The smallest absolute Gasteiger partial charge is 0.258 e. The summed E-state index contributed by atoms with van der Waals surface area (Å²) in [6.07, 6.45) is 0. The first-order valence-corrected chi connectivity index (χ1v) is 8.17. The van der Waals surface area contributed by atoms with Crippen LogP contribution >= 0.6 is 11.6 Å². The molecular weight excluding hydrogens is 322 g/mol. The van der Waals surface area contributed by atoms with Gasteiger partial charge in [-0.05, 0) is 24.6 Å². The number of benzene rings is 3. The predicted octanol–water partition coefficient (Wildman–Crippen LogP) is 4.75. The second kappa shape index (κ2) is 7.37. The van der Waals surface area contributed by atoms with Crippen molar-refractivity contribution in [2.24, 2.45) is 0 Å². The predicted molar refractivity (Wildman–Crippen MR) is 97.5 cm³/mol. The van der Waals surface area contributed by atoms with Gasteiger partial charge in [-0.15, -0.1) is 0 Å². The van der Waals surface area contributed by atoms with Gasteiger partial charge < -0.3 is 10.1 Å². The molecule has 1 amide bonds. The zero-order valence-electron chi connectivity index (χ0n) is 13.3. The van der Waals surface area contributed by atoms with Crippen LogP contribution in [0.15, 0.2) is 66.7 Å². The van der Waals surface area contributed by atoms with E-state index in [-0.39, 0.29) is 18.6 Å². The third-order valence-electron chi connectivity index (χ3n) is 3.87. The third-order valence-corrected chi connectivity index (χ3v) is 4.20. The van der Waals surface area contributed by atoms with Crippen molar-refractivity contribution in [3.05, 3.63) is 77.3 Å². The Balaban J connectivity index is 1.66. The van der Waals surface area contributed by atoms with E-state index in [1.165, 1.54) is 0 Å². The van der Waals surface area contributed by atoms with Gasteiger partial charge in [-0.1, -0.05) is 66.2 Å². The highest BCUT2D eigenvalue weighted by molar-refractivity contribution is 6.35. The van der Waals surface area contributed by atoms with E-state index in [4.69, 9.17) is 16.3 Å². The van der Waals surface area contributed by atoms with Crippen molar-refractivity contribution in [1.29, 1.82) is 0 Å². The van der Waals surface area contributed by atoms with Gasteiger partial charge in [-0.25, -0.2) is 0 Å². The van der Waals surface area contributed by atoms with Gasteiger partial charge in [0, 0.05) is 15.8 Å². The molecule has 122 valence electrons. The van der Waals surface area contributed by atoms with Gasteiger partial charge in [0.2, 0.25) is 0 Å². The molecule has 0 saturated carbocycles. The number of rotatable bonds is 5. The van der Waals surface area contributed by atoms with E-state index in [1.54, 1.807) is 12.1 Å². The van der Waals surface area contributed by atoms with Crippen LogP contribution in [0.5, 0.6) is 5.75 Å². The highest BCUT2D eigenvalue weighted by atomic mass is 35.5. The lowest BCUT2D eigenvalue weighted by Crippen LogP contribution is -2.31. The Kier molecular flexibility index (Phi) is 5.02. The number of amides is 1. The van der Waals surface area contributed by atoms with Crippen molar-refractivity contribution in [3.63, 3.8) is 0 Å². The summed E-state index contributed by atoms with van der Waals surface area (Å²) in [5.41, 5.74) is 1.06. The van der Waals surface area contributed by atoms with Crippen LogP contribution in [0.4, 0.5) is 0 Å². The lowest BCUT2D eigenvalue weighted by Gasteiger charge is -2.15. The number of hydrogen-bond donors (Lipinski definition) is 1. The molecule has 0 aliphatic heterocycles. The Hall–Kier alpha value is -2.52. The Bertz CT molecular complexity index is 849. The maximum absolute atomic E-state index is 12.1. The van der Waals surface area contributed by atoms with E-state index in [2.05, 4.69) is 5.32 Å². The lowest BCUT2D eigenvalue weighted by molar-refractivity contribution is -0.123. The fourth-order valence-corrected chi connectivity index (χ4v) is 2.84. The maximum Gasteiger partial charge on any atom is 0.258 e. The number of carbonyl (C=O) groups is 1. The summed E-state index contributed by atoms with van der Waals surface area (Å²) in [6, 6.07) is 21.0. The van der Waals surface area contributed by atoms with Crippen LogP contribution in [0.2, 0.25) is 5.02 Å². The molecule has 0 aromatic heterocycles. The van der Waals surface area contributed by atoms with Crippen LogP contribution < -0.4 is 10.1 Å². The Labute approximate surface area is 146 Å². The number of hydrogen-bond acceptors (Lipinski definition) is 2. The monoisotopic (exact) mass is 339 g/mol. The van der Waals surface area contributed by atoms with Crippen LogP contribution in [-0.2, 0) is 4.79 Å². The zero-order valence-corrected chi connectivity index (χ0v) is 14.1. The summed E-state index contributed by atoms with van der Waals surface area (Å²) in [5.74, 6) is 0.489. The second-order valence-electron chi connectivity index (χ2n) is 5.58. The van der Waals surface area contributed by atoms with E-state index < -0.39 is 0 Å². The van der Waals surface area contributed by atoms with Crippen LogP contribution in [0.3, 0.4) is 0 Å². The van der Waals surface area contributed by atoms with Crippen molar-refractivity contribution in [3.8, 4) is 5.75 Å². The molecule has 0 bridgehead atoms. The summed E-state index contributed by atoms with van der Waals surface area (Å²) >= 11 is 6.19. The largest absolute Gasteiger partial charge is 0.483 e. The Morgan fingerprint density at radius 2 is 1.67 bits per heavy atom. The highest BCUT2D eigenvalue weighted by Crippen LogP contribution is 2.31. The van der Waals surface area contributed by atoms with Gasteiger partial charge in [0.15, 0.2) is 6.61 Å². The number of fused-ring (bicyclic) bond motifs is 1. The van der Waals surface area contributed by atoms with Crippen molar-refractivity contribution < 1.29 is 9.53 Å². The van der Waals surface area contributed by atoms with Crippen molar-refractivity contribution in [2.75, 3.05) is 6.61 Å². The number of nitrogens with one attached hydrogen (secondary N) is 1. The summed E-state index contributed by atoms with van der Waals surface area (Å²) < 4.78 is 5.70. The highest BCUT2D eigenvalue weighted by Gasteiger charge is 2.11. The molecule has 0 saturated heterocycles. The first kappa shape index (κ1) is 16.3. The van der Waals surface area contributed by atoms with Crippen molar-refractivity contribution >= 4 is 28.3 Å². The molecule has 0 aliphatic rings. The summed E-state index contributed by atoms with van der Waals surface area (Å²) in [5, 5.41) is 5.41. The van der Waals surface area contributed by atoms with E-state index in [9.17, 15) is 4.79 Å². The molecule has 3 nitrogen and oxygen atoms in total. The van der Waals surface area contributed by atoms with E-state index >= 15 is 0 Å². The molecule has 0 heterocycles.